The summed E-state index contributed by atoms with van der Waals surface area (Å²) in [5, 5.41) is 9.98. The fourth-order valence-corrected chi connectivity index (χ4v) is 3.37. The maximum atomic E-state index is 10.8. The summed E-state index contributed by atoms with van der Waals surface area (Å²) in [6.45, 7) is 2.05. The van der Waals surface area contributed by atoms with Crippen LogP contribution in [0.15, 0.2) is 28.7 Å². The van der Waals surface area contributed by atoms with E-state index in [1.54, 1.807) is 0 Å². The molecule has 102 valence electrons. The second-order valence-corrected chi connectivity index (χ2v) is 6.42. The quantitative estimate of drug-likeness (QED) is 0.677. The van der Waals surface area contributed by atoms with Crippen molar-refractivity contribution in [3.63, 3.8) is 0 Å². The van der Waals surface area contributed by atoms with Gasteiger partial charge in [-0.3, -0.25) is 4.79 Å². The third kappa shape index (κ3) is 4.35. The zero-order valence-corrected chi connectivity index (χ0v) is 13.0. The van der Waals surface area contributed by atoms with Crippen molar-refractivity contribution in [2.24, 2.45) is 0 Å². The van der Waals surface area contributed by atoms with Crippen molar-refractivity contribution in [2.75, 3.05) is 18.8 Å². The number of carbonyl (C=O) groups is 1. The minimum atomic E-state index is -0.767. The standard InChI is InChI=1S/C14H16BrNO2S/c15-12-6-4-11(5-7-12)14(19-10-13(17)18)16-8-2-1-3-9-16/h4-7H,1-3,8-10H2/p+1. The lowest BCUT2D eigenvalue weighted by atomic mass is 10.1. The van der Waals surface area contributed by atoms with E-state index in [0.29, 0.717) is 0 Å². The molecule has 0 saturated carbocycles. The molecule has 1 aliphatic rings. The summed E-state index contributed by atoms with van der Waals surface area (Å²) in [5.74, 6) is -0.654. The van der Waals surface area contributed by atoms with Gasteiger partial charge in [-0.2, -0.15) is 0 Å². The van der Waals surface area contributed by atoms with Crippen molar-refractivity contribution in [1.82, 2.24) is 0 Å². The lowest BCUT2D eigenvalue weighted by Gasteiger charge is -2.14. The van der Waals surface area contributed by atoms with Crippen LogP contribution in [0.25, 0.3) is 0 Å². The molecule has 2 rings (SSSR count). The number of benzene rings is 1. The van der Waals surface area contributed by atoms with E-state index < -0.39 is 5.97 Å². The number of thioether (sulfide) groups is 1. The van der Waals surface area contributed by atoms with Gasteiger partial charge in [0, 0.05) is 17.3 Å². The van der Waals surface area contributed by atoms with Gasteiger partial charge in [-0.05, 0) is 42.4 Å². The topological polar surface area (TPSA) is 40.3 Å². The monoisotopic (exact) mass is 342 g/mol. The predicted molar refractivity (Wildman–Crippen MR) is 82.2 cm³/mol. The van der Waals surface area contributed by atoms with Crippen LogP contribution in [0.1, 0.15) is 24.8 Å². The Bertz CT molecular complexity index is 477. The molecule has 0 atom stereocenters. The van der Waals surface area contributed by atoms with E-state index in [-0.39, 0.29) is 5.75 Å². The Morgan fingerprint density at radius 3 is 2.42 bits per heavy atom. The van der Waals surface area contributed by atoms with Gasteiger partial charge in [-0.15, -0.1) is 0 Å². The van der Waals surface area contributed by atoms with E-state index in [4.69, 9.17) is 5.11 Å². The van der Waals surface area contributed by atoms with Crippen LogP contribution in [0.5, 0.6) is 0 Å². The Kier molecular flexibility index (Phi) is 5.45. The molecule has 1 saturated heterocycles. The summed E-state index contributed by atoms with van der Waals surface area (Å²) in [7, 11) is 0. The highest BCUT2D eigenvalue weighted by atomic mass is 79.9. The number of hydrogen-bond acceptors (Lipinski definition) is 2. The smallest absolute Gasteiger partial charge is 0.314 e. The van der Waals surface area contributed by atoms with Crippen LogP contribution in [0.4, 0.5) is 0 Å². The number of carboxylic acids is 1. The molecule has 0 unspecified atom stereocenters. The number of hydrogen-bond donors (Lipinski definition) is 1. The van der Waals surface area contributed by atoms with Crippen molar-refractivity contribution in [3.05, 3.63) is 34.3 Å². The molecule has 19 heavy (non-hydrogen) atoms. The molecule has 0 amide bonds. The van der Waals surface area contributed by atoms with Crippen LogP contribution >= 0.6 is 27.7 Å². The minimum Gasteiger partial charge on any atom is -0.481 e. The highest BCUT2D eigenvalue weighted by Gasteiger charge is 2.21. The maximum absolute atomic E-state index is 10.8. The van der Waals surface area contributed by atoms with Gasteiger partial charge < -0.3 is 5.11 Å². The Morgan fingerprint density at radius 1 is 1.21 bits per heavy atom. The van der Waals surface area contributed by atoms with Gasteiger partial charge in [-0.1, -0.05) is 15.9 Å². The molecule has 0 spiro atoms. The molecule has 1 fully saturated rings. The largest absolute Gasteiger partial charge is 0.481 e. The zero-order valence-electron chi connectivity index (χ0n) is 10.6. The lowest BCUT2D eigenvalue weighted by Crippen LogP contribution is -2.27. The fourth-order valence-electron chi connectivity index (χ4n) is 2.18. The average Bonchev–Trinajstić information content (AvgIpc) is 2.42. The highest BCUT2D eigenvalue weighted by Crippen LogP contribution is 2.19. The van der Waals surface area contributed by atoms with Gasteiger partial charge in [0.2, 0.25) is 5.04 Å². The maximum Gasteiger partial charge on any atom is 0.314 e. The Hall–Kier alpha value is -0.810. The SMILES string of the molecule is O=C(O)CSC(c1ccc(Br)cc1)=[N+]1CCCCC1. The highest BCUT2D eigenvalue weighted by molar-refractivity contribution is 9.10. The first-order chi connectivity index (χ1) is 9.16. The van der Waals surface area contributed by atoms with E-state index in [1.807, 2.05) is 24.3 Å². The van der Waals surface area contributed by atoms with Gasteiger partial charge in [0.1, 0.15) is 18.8 Å². The Balaban J connectivity index is 2.27. The van der Waals surface area contributed by atoms with Crippen LogP contribution in [0, 0.1) is 0 Å². The average molecular weight is 343 g/mol. The van der Waals surface area contributed by atoms with Crippen LogP contribution < -0.4 is 0 Å². The molecule has 1 aromatic rings. The Labute approximate surface area is 125 Å². The number of nitrogens with zero attached hydrogens (tertiary/aromatic N) is 1. The summed E-state index contributed by atoms with van der Waals surface area (Å²) >= 11 is 4.85. The third-order valence-corrected chi connectivity index (χ3v) is 4.75. The summed E-state index contributed by atoms with van der Waals surface area (Å²) in [5.41, 5.74) is 1.11. The van der Waals surface area contributed by atoms with E-state index in [1.165, 1.54) is 31.0 Å². The van der Waals surface area contributed by atoms with Gasteiger partial charge in [-0.25, -0.2) is 4.58 Å². The molecule has 1 aromatic carbocycles. The van der Waals surface area contributed by atoms with Crippen LogP contribution in [-0.2, 0) is 4.79 Å². The van der Waals surface area contributed by atoms with Gasteiger partial charge in [0.05, 0.1) is 5.56 Å². The first-order valence-corrected chi connectivity index (χ1v) is 8.17. The normalized spacial score (nSPS) is 15.3. The molecular weight excluding hydrogens is 326 g/mol. The molecule has 5 heteroatoms. The van der Waals surface area contributed by atoms with E-state index in [0.717, 1.165) is 28.2 Å². The molecule has 1 heterocycles. The summed E-state index contributed by atoms with van der Waals surface area (Å²) < 4.78 is 3.36. The summed E-state index contributed by atoms with van der Waals surface area (Å²) in [6, 6.07) is 8.09. The number of halogens is 1. The number of carboxylic acid groups (broad SMARTS) is 1. The predicted octanol–water partition coefficient (Wildman–Crippen LogP) is 3.21. The van der Waals surface area contributed by atoms with Crippen LogP contribution in [0.3, 0.4) is 0 Å². The molecule has 0 aliphatic carbocycles. The third-order valence-electron chi connectivity index (χ3n) is 3.07. The molecule has 1 aliphatic heterocycles. The lowest BCUT2D eigenvalue weighted by molar-refractivity contribution is -0.534. The van der Waals surface area contributed by atoms with Crippen LogP contribution in [-0.4, -0.2) is 39.5 Å². The van der Waals surface area contributed by atoms with E-state index in [2.05, 4.69) is 20.5 Å². The molecule has 1 N–H and O–H groups in total. The summed E-state index contributed by atoms with van der Waals surface area (Å²) in [6.07, 6.45) is 3.65. The van der Waals surface area contributed by atoms with E-state index >= 15 is 0 Å². The molecule has 0 bridgehead atoms. The van der Waals surface area contributed by atoms with Crippen molar-refractivity contribution < 1.29 is 14.5 Å². The molecule has 0 aromatic heterocycles. The van der Waals surface area contributed by atoms with Crippen LogP contribution in [0.2, 0.25) is 0 Å². The van der Waals surface area contributed by atoms with Crippen molar-refractivity contribution >= 4 is 38.7 Å². The van der Waals surface area contributed by atoms with Crippen molar-refractivity contribution in [3.8, 4) is 0 Å². The van der Waals surface area contributed by atoms with Gasteiger partial charge in [0.25, 0.3) is 0 Å². The molecule has 0 radical (unpaired) electrons. The number of piperidine rings is 1. The van der Waals surface area contributed by atoms with Crippen molar-refractivity contribution in [2.45, 2.75) is 19.3 Å². The van der Waals surface area contributed by atoms with Crippen molar-refractivity contribution in [1.29, 1.82) is 0 Å². The number of rotatable bonds is 3. The van der Waals surface area contributed by atoms with Gasteiger partial charge in [0.15, 0.2) is 0 Å². The first-order valence-electron chi connectivity index (χ1n) is 6.39. The molecular formula is C14H17BrNO2S+. The van der Waals surface area contributed by atoms with Gasteiger partial charge >= 0.3 is 5.97 Å². The second-order valence-electron chi connectivity index (χ2n) is 4.54. The Morgan fingerprint density at radius 2 is 1.84 bits per heavy atom. The first kappa shape index (κ1) is 14.6. The second kappa shape index (κ2) is 7.10. The minimum absolute atomic E-state index is 0.113. The molecule has 3 nitrogen and oxygen atoms in total. The number of aliphatic carboxylic acids is 1. The fraction of sp³-hybridized carbons (Fsp3) is 0.429. The zero-order chi connectivity index (χ0) is 13.7. The summed E-state index contributed by atoms with van der Waals surface area (Å²) in [4.78, 5) is 10.8. The van der Waals surface area contributed by atoms with E-state index in [9.17, 15) is 4.79 Å².